The molecule has 0 spiro atoms. The number of rotatable bonds is 1. The molecule has 3 nitrogen and oxygen atoms in total. The third-order valence-corrected chi connectivity index (χ3v) is 2.62. The Bertz CT molecular complexity index is 378. The zero-order chi connectivity index (χ0) is 10.1. The highest BCUT2D eigenvalue weighted by Crippen LogP contribution is 2.28. The summed E-state index contributed by atoms with van der Waals surface area (Å²) in [6.07, 6.45) is 0.704. The van der Waals surface area contributed by atoms with Crippen LogP contribution in [0.1, 0.15) is 5.56 Å². The molecule has 1 heterocycles. The van der Waals surface area contributed by atoms with Crippen LogP contribution in [0.2, 0.25) is 5.02 Å². The van der Waals surface area contributed by atoms with E-state index in [1.54, 1.807) is 7.05 Å². The van der Waals surface area contributed by atoms with Crippen molar-refractivity contribution >= 4 is 23.2 Å². The van der Waals surface area contributed by atoms with Crippen molar-refractivity contribution in [1.82, 2.24) is 5.32 Å². The number of benzene rings is 1. The summed E-state index contributed by atoms with van der Waals surface area (Å²) in [5, 5.41) is 6.47. The van der Waals surface area contributed by atoms with Gasteiger partial charge in [-0.05, 0) is 23.8 Å². The van der Waals surface area contributed by atoms with Gasteiger partial charge in [0.1, 0.15) is 6.04 Å². The Morgan fingerprint density at radius 3 is 3.14 bits per heavy atom. The van der Waals surface area contributed by atoms with Crippen molar-refractivity contribution in [2.45, 2.75) is 12.5 Å². The van der Waals surface area contributed by atoms with Crippen molar-refractivity contribution < 1.29 is 4.79 Å². The van der Waals surface area contributed by atoms with E-state index in [0.717, 1.165) is 11.3 Å². The second kappa shape index (κ2) is 3.50. The van der Waals surface area contributed by atoms with Crippen LogP contribution in [-0.2, 0) is 11.2 Å². The highest BCUT2D eigenvalue weighted by molar-refractivity contribution is 6.30. The van der Waals surface area contributed by atoms with Crippen molar-refractivity contribution in [2.75, 3.05) is 12.4 Å². The quantitative estimate of drug-likeness (QED) is 0.736. The maximum atomic E-state index is 11.4. The topological polar surface area (TPSA) is 41.1 Å². The van der Waals surface area contributed by atoms with Crippen LogP contribution in [0.4, 0.5) is 5.69 Å². The predicted octanol–water partition coefficient (Wildman–Crippen LogP) is 1.42. The summed E-state index contributed by atoms with van der Waals surface area (Å²) in [5.74, 6) is 0.0114. The minimum absolute atomic E-state index is 0.0114. The molecule has 0 radical (unpaired) electrons. The molecule has 1 amide bonds. The Labute approximate surface area is 87.4 Å². The van der Waals surface area contributed by atoms with Gasteiger partial charge in [-0.25, -0.2) is 0 Å². The lowest BCUT2D eigenvalue weighted by atomic mass is 10.1. The van der Waals surface area contributed by atoms with Crippen LogP contribution in [0.25, 0.3) is 0 Å². The Morgan fingerprint density at radius 2 is 2.43 bits per heavy atom. The number of carbonyl (C=O) groups is 1. The van der Waals surface area contributed by atoms with Crippen LogP contribution in [0.15, 0.2) is 18.2 Å². The zero-order valence-electron chi connectivity index (χ0n) is 7.80. The first-order valence-electron chi connectivity index (χ1n) is 4.47. The molecule has 1 aliphatic heterocycles. The third kappa shape index (κ3) is 1.55. The van der Waals surface area contributed by atoms with E-state index >= 15 is 0 Å². The molecule has 0 saturated carbocycles. The normalized spacial score (nSPS) is 18.6. The first kappa shape index (κ1) is 9.34. The molecule has 0 saturated heterocycles. The number of hydrogen-bond donors (Lipinski definition) is 2. The van der Waals surface area contributed by atoms with Gasteiger partial charge in [0.15, 0.2) is 0 Å². The van der Waals surface area contributed by atoms with Gasteiger partial charge in [0, 0.05) is 24.2 Å². The lowest BCUT2D eigenvalue weighted by Crippen LogP contribution is -2.36. The Kier molecular flexibility index (Phi) is 2.33. The van der Waals surface area contributed by atoms with E-state index in [1.165, 1.54) is 0 Å². The highest BCUT2D eigenvalue weighted by Gasteiger charge is 2.25. The van der Waals surface area contributed by atoms with Crippen LogP contribution in [0, 0.1) is 0 Å². The fraction of sp³-hybridized carbons (Fsp3) is 0.300. The highest BCUT2D eigenvalue weighted by atomic mass is 35.5. The standard InChI is InChI=1S/C10H11ClN2O/c1-12-10(14)9-5-6-4-7(11)2-3-8(6)13-9/h2-4,9,13H,5H2,1H3,(H,12,14)/t9-/m0/s1. The van der Waals surface area contributed by atoms with Crippen LogP contribution in [0.3, 0.4) is 0 Å². The van der Waals surface area contributed by atoms with E-state index in [9.17, 15) is 4.79 Å². The maximum absolute atomic E-state index is 11.4. The van der Waals surface area contributed by atoms with Crippen LogP contribution in [-0.4, -0.2) is 19.0 Å². The molecule has 1 aromatic rings. The third-order valence-electron chi connectivity index (χ3n) is 2.38. The number of anilines is 1. The van der Waals surface area contributed by atoms with Crippen molar-refractivity contribution in [1.29, 1.82) is 0 Å². The van der Waals surface area contributed by atoms with E-state index < -0.39 is 0 Å². The van der Waals surface area contributed by atoms with Crippen LogP contribution in [0.5, 0.6) is 0 Å². The largest absolute Gasteiger partial charge is 0.373 e. The molecule has 0 aromatic heterocycles. The van der Waals surface area contributed by atoms with Crippen molar-refractivity contribution in [3.05, 3.63) is 28.8 Å². The van der Waals surface area contributed by atoms with Gasteiger partial charge in [-0.15, -0.1) is 0 Å². The van der Waals surface area contributed by atoms with E-state index in [-0.39, 0.29) is 11.9 Å². The summed E-state index contributed by atoms with van der Waals surface area (Å²) in [6.45, 7) is 0. The van der Waals surface area contributed by atoms with Gasteiger partial charge < -0.3 is 10.6 Å². The van der Waals surface area contributed by atoms with Crippen molar-refractivity contribution in [2.24, 2.45) is 0 Å². The van der Waals surface area contributed by atoms with Gasteiger partial charge >= 0.3 is 0 Å². The molecule has 0 unspecified atom stereocenters. The van der Waals surface area contributed by atoms with Gasteiger partial charge in [0.05, 0.1) is 0 Å². The number of hydrogen-bond acceptors (Lipinski definition) is 2. The van der Waals surface area contributed by atoms with Gasteiger partial charge in [-0.2, -0.15) is 0 Å². The molecule has 1 aromatic carbocycles. The summed E-state index contributed by atoms with van der Waals surface area (Å²) in [5.41, 5.74) is 2.11. The molecule has 0 fully saturated rings. The predicted molar refractivity (Wildman–Crippen MR) is 56.6 cm³/mol. The molecule has 2 rings (SSSR count). The van der Waals surface area contributed by atoms with E-state index in [0.29, 0.717) is 11.4 Å². The van der Waals surface area contributed by atoms with Crippen molar-refractivity contribution in [3.8, 4) is 0 Å². The minimum atomic E-state index is -0.159. The van der Waals surface area contributed by atoms with Gasteiger partial charge in [-0.1, -0.05) is 11.6 Å². The number of nitrogens with one attached hydrogen (secondary N) is 2. The molecular weight excluding hydrogens is 200 g/mol. The summed E-state index contributed by atoms with van der Waals surface area (Å²) in [7, 11) is 1.64. The molecule has 1 aliphatic rings. The number of likely N-dealkylation sites (N-methyl/N-ethyl adjacent to an activating group) is 1. The zero-order valence-corrected chi connectivity index (χ0v) is 8.56. The summed E-state index contributed by atoms with van der Waals surface area (Å²) in [6, 6.07) is 5.46. The van der Waals surface area contributed by atoms with Gasteiger partial charge in [0.2, 0.25) is 5.91 Å². The molecule has 0 bridgehead atoms. The Morgan fingerprint density at radius 1 is 1.64 bits per heavy atom. The lowest BCUT2D eigenvalue weighted by Gasteiger charge is -2.08. The minimum Gasteiger partial charge on any atom is -0.373 e. The SMILES string of the molecule is CNC(=O)[C@@H]1Cc2cc(Cl)ccc2N1. The summed E-state index contributed by atoms with van der Waals surface area (Å²) in [4.78, 5) is 11.4. The van der Waals surface area contributed by atoms with Crippen LogP contribution >= 0.6 is 11.6 Å². The molecule has 1 atom stereocenters. The van der Waals surface area contributed by atoms with E-state index in [1.807, 2.05) is 18.2 Å². The molecule has 14 heavy (non-hydrogen) atoms. The average molecular weight is 211 g/mol. The number of carbonyl (C=O) groups excluding carboxylic acids is 1. The molecular formula is C10H11ClN2O. The molecule has 74 valence electrons. The van der Waals surface area contributed by atoms with Crippen molar-refractivity contribution in [3.63, 3.8) is 0 Å². The van der Waals surface area contributed by atoms with E-state index in [2.05, 4.69) is 10.6 Å². The fourth-order valence-electron chi connectivity index (χ4n) is 1.66. The fourth-order valence-corrected chi connectivity index (χ4v) is 1.86. The Balaban J connectivity index is 2.22. The van der Waals surface area contributed by atoms with Gasteiger partial charge in [0.25, 0.3) is 0 Å². The monoisotopic (exact) mass is 210 g/mol. The lowest BCUT2D eigenvalue weighted by molar-refractivity contribution is -0.121. The number of amides is 1. The van der Waals surface area contributed by atoms with Gasteiger partial charge in [-0.3, -0.25) is 4.79 Å². The molecule has 2 N–H and O–H groups in total. The first-order valence-corrected chi connectivity index (χ1v) is 4.85. The van der Waals surface area contributed by atoms with E-state index in [4.69, 9.17) is 11.6 Å². The number of halogens is 1. The second-order valence-corrected chi connectivity index (χ2v) is 3.75. The second-order valence-electron chi connectivity index (χ2n) is 3.32. The molecule has 4 heteroatoms. The molecule has 0 aliphatic carbocycles. The van der Waals surface area contributed by atoms with Crippen LogP contribution < -0.4 is 10.6 Å². The first-order chi connectivity index (χ1) is 6.70. The maximum Gasteiger partial charge on any atom is 0.242 e. The Hall–Kier alpha value is -1.22. The smallest absolute Gasteiger partial charge is 0.242 e. The average Bonchev–Trinajstić information content (AvgIpc) is 2.59. The summed E-state index contributed by atoms with van der Waals surface area (Å²) < 4.78 is 0. The summed E-state index contributed by atoms with van der Waals surface area (Å²) >= 11 is 5.86. The number of fused-ring (bicyclic) bond motifs is 1.